The number of hydrogen-bond donors (Lipinski definition) is 3. The largest absolute Gasteiger partial charge is 0.481 e. The maximum absolute atomic E-state index is 12.7. The van der Waals surface area contributed by atoms with E-state index in [0.717, 1.165) is 32.1 Å². The molecule has 2 amide bonds. The van der Waals surface area contributed by atoms with Crippen LogP contribution in [-0.2, 0) is 14.3 Å². The summed E-state index contributed by atoms with van der Waals surface area (Å²) in [6.07, 6.45) is 4.20. The van der Waals surface area contributed by atoms with Crippen molar-refractivity contribution in [1.82, 2.24) is 10.6 Å². The molecule has 2 fully saturated rings. The van der Waals surface area contributed by atoms with E-state index >= 15 is 0 Å². The first-order valence-corrected chi connectivity index (χ1v) is 12.6. The Kier molecular flexibility index (Phi) is 6.75. The van der Waals surface area contributed by atoms with E-state index in [2.05, 4.69) is 34.9 Å². The fraction of sp³-hybridized carbons (Fsp3) is 0.464. The van der Waals surface area contributed by atoms with E-state index in [1.54, 1.807) is 0 Å². The third kappa shape index (κ3) is 5.19. The zero-order valence-electron chi connectivity index (χ0n) is 19.7. The summed E-state index contributed by atoms with van der Waals surface area (Å²) in [6.45, 7) is 0.273. The van der Waals surface area contributed by atoms with Gasteiger partial charge in [-0.2, -0.15) is 0 Å². The molecule has 0 bridgehead atoms. The van der Waals surface area contributed by atoms with Gasteiger partial charge in [0.1, 0.15) is 6.61 Å². The fourth-order valence-electron chi connectivity index (χ4n) is 6.11. The van der Waals surface area contributed by atoms with Crippen molar-refractivity contribution in [3.05, 3.63) is 59.7 Å². The number of carbonyl (C=O) groups is 3. The number of carboxylic acids is 1. The topological polar surface area (TPSA) is 105 Å². The number of nitrogens with one attached hydrogen (secondary N) is 2. The fourth-order valence-corrected chi connectivity index (χ4v) is 6.11. The molecule has 3 aliphatic rings. The first kappa shape index (κ1) is 23.4. The molecule has 0 aromatic heterocycles. The normalized spacial score (nSPS) is 25.0. The molecule has 5 rings (SSSR count). The van der Waals surface area contributed by atoms with Gasteiger partial charge in [0, 0.05) is 30.3 Å². The third-order valence-electron chi connectivity index (χ3n) is 7.82. The van der Waals surface area contributed by atoms with Crippen molar-refractivity contribution in [2.75, 3.05) is 6.61 Å². The molecule has 184 valence electrons. The van der Waals surface area contributed by atoms with Gasteiger partial charge < -0.3 is 20.5 Å². The van der Waals surface area contributed by atoms with Gasteiger partial charge in [-0.05, 0) is 66.7 Å². The second kappa shape index (κ2) is 10.1. The van der Waals surface area contributed by atoms with Crippen molar-refractivity contribution < 1.29 is 24.2 Å². The smallest absolute Gasteiger partial charge is 0.407 e. The molecule has 0 aliphatic heterocycles. The predicted octanol–water partition coefficient (Wildman–Crippen LogP) is 4.45. The van der Waals surface area contributed by atoms with Gasteiger partial charge in [-0.15, -0.1) is 0 Å². The minimum Gasteiger partial charge on any atom is -0.481 e. The molecule has 4 atom stereocenters. The summed E-state index contributed by atoms with van der Waals surface area (Å²) in [6, 6.07) is 16.5. The van der Waals surface area contributed by atoms with Gasteiger partial charge in [-0.1, -0.05) is 48.5 Å². The zero-order chi connectivity index (χ0) is 24.4. The van der Waals surface area contributed by atoms with E-state index in [-0.39, 0.29) is 48.8 Å². The molecule has 2 aromatic rings. The van der Waals surface area contributed by atoms with Crippen LogP contribution in [0.2, 0.25) is 0 Å². The van der Waals surface area contributed by atoms with Crippen molar-refractivity contribution in [3.8, 4) is 11.1 Å². The van der Waals surface area contributed by atoms with Crippen LogP contribution in [0.3, 0.4) is 0 Å². The number of fused-ring (bicyclic) bond motifs is 3. The summed E-state index contributed by atoms with van der Waals surface area (Å²) < 4.78 is 5.65. The molecule has 3 N–H and O–H groups in total. The molecule has 0 heterocycles. The minimum absolute atomic E-state index is 0.0165. The second-order valence-electron chi connectivity index (χ2n) is 10.2. The number of benzene rings is 2. The Morgan fingerprint density at radius 1 is 0.829 bits per heavy atom. The molecular weight excluding hydrogens is 444 g/mol. The Hall–Kier alpha value is -3.35. The number of rotatable bonds is 7. The number of ether oxygens (including phenoxy) is 1. The number of amides is 2. The number of hydrogen-bond acceptors (Lipinski definition) is 4. The Morgan fingerprint density at radius 3 is 2.14 bits per heavy atom. The van der Waals surface area contributed by atoms with Crippen LogP contribution in [0.25, 0.3) is 11.1 Å². The summed E-state index contributed by atoms with van der Waals surface area (Å²) >= 11 is 0. The molecule has 0 saturated heterocycles. The van der Waals surface area contributed by atoms with Crippen molar-refractivity contribution in [1.29, 1.82) is 0 Å². The number of carboxylic acid groups (broad SMARTS) is 1. The highest BCUT2D eigenvalue weighted by molar-refractivity contribution is 5.80. The lowest BCUT2D eigenvalue weighted by Crippen LogP contribution is -2.38. The summed E-state index contributed by atoms with van der Waals surface area (Å²) in [5.41, 5.74) is 4.74. The van der Waals surface area contributed by atoms with Crippen molar-refractivity contribution >= 4 is 18.0 Å². The third-order valence-corrected chi connectivity index (χ3v) is 7.82. The van der Waals surface area contributed by atoms with Crippen LogP contribution in [0.5, 0.6) is 0 Å². The predicted molar refractivity (Wildman–Crippen MR) is 131 cm³/mol. The van der Waals surface area contributed by atoms with Crippen molar-refractivity contribution in [3.63, 3.8) is 0 Å². The number of aliphatic carboxylic acids is 1. The summed E-state index contributed by atoms with van der Waals surface area (Å²) in [7, 11) is 0. The van der Waals surface area contributed by atoms with Gasteiger partial charge in [-0.3, -0.25) is 9.59 Å². The number of carbonyl (C=O) groups excluding carboxylic acids is 2. The standard InChI is InChI=1S/C28H32N2O5/c31-26(32)14-17-9-11-19(13-17)29-27(33)18-10-12-20(15-18)30-28(34)35-16-25-23-7-3-1-5-21(23)22-6-2-4-8-24(22)25/h1-8,17-20,25H,9-16H2,(H,29,33)(H,30,34)(H,31,32)/t17?,18-,19?,20+/m1/s1. The van der Waals surface area contributed by atoms with Crippen LogP contribution >= 0.6 is 0 Å². The Balaban J connectivity index is 1.09. The summed E-state index contributed by atoms with van der Waals surface area (Å²) in [5, 5.41) is 15.0. The van der Waals surface area contributed by atoms with Crippen molar-refractivity contribution in [2.24, 2.45) is 11.8 Å². The monoisotopic (exact) mass is 476 g/mol. The SMILES string of the molecule is O=C(O)CC1CCC(NC(=O)[C@@H]2CC[C@H](NC(=O)OCC3c4ccccc4-c4ccccc43)C2)C1. The maximum Gasteiger partial charge on any atom is 0.407 e. The van der Waals surface area contributed by atoms with Gasteiger partial charge in [0.15, 0.2) is 0 Å². The van der Waals surface area contributed by atoms with Gasteiger partial charge in [-0.25, -0.2) is 4.79 Å². The molecule has 2 aromatic carbocycles. The lowest BCUT2D eigenvalue weighted by Gasteiger charge is -2.18. The quantitative estimate of drug-likeness (QED) is 0.548. The van der Waals surface area contributed by atoms with E-state index in [4.69, 9.17) is 9.84 Å². The lowest BCUT2D eigenvalue weighted by molar-refractivity contribution is -0.138. The van der Waals surface area contributed by atoms with Crippen LogP contribution in [0.15, 0.2) is 48.5 Å². The van der Waals surface area contributed by atoms with E-state index < -0.39 is 12.1 Å². The first-order valence-electron chi connectivity index (χ1n) is 12.6. The molecule has 7 heteroatoms. The maximum atomic E-state index is 12.7. The van der Waals surface area contributed by atoms with E-state index in [9.17, 15) is 14.4 Å². The Labute approximate surface area is 205 Å². The second-order valence-corrected chi connectivity index (χ2v) is 10.2. The highest BCUT2D eigenvalue weighted by Gasteiger charge is 2.34. The zero-order valence-corrected chi connectivity index (χ0v) is 19.7. The minimum atomic E-state index is -0.778. The molecule has 3 aliphatic carbocycles. The Morgan fingerprint density at radius 2 is 1.46 bits per heavy atom. The van der Waals surface area contributed by atoms with Crippen LogP contribution in [0.4, 0.5) is 4.79 Å². The Bertz CT molecular complexity index is 1070. The van der Waals surface area contributed by atoms with Crippen LogP contribution < -0.4 is 10.6 Å². The average Bonchev–Trinajstić information content (AvgIpc) is 3.55. The molecule has 2 unspecified atom stereocenters. The average molecular weight is 477 g/mol. The van der Waals surface area contributed by atoms with Crippen LogP contribution in [0, 0.1) is 11.8 Å². The molecule has 0 radical (unpaired) electrons. The summed E-state index contributed by atoms with van der Waals surface area (Å²) in [5.74, 6) is -0.730. The lowest BCUT2D eigenvalue weighted by atomic mass is 9.98. The highest BCUT2D eigenvalue weighted by Crippen LogP contribution is 2.44. The van der Waals surface area contributed by atoms with E-state index in [1.807, 2.05) is 24.3 Å². The number of alkyl carbamates (subject to hydrolysis) is 1. The highest BCUT2D eigenvalue weighted by atomic mass is 16.5. The molecular formula is C28H32N2O5. The van der Waals surface area contributed by atoms with Gasteiger partial charge in [0.2, 0.25) is 5.91 Å². The molecule has 7 nitrogen and oxygen atoms in total. The van der Waals surface area contributed by atoms with Crippen molar-refractivity contribution in [2.45, 2.75) is 62.9 Å². The molecule has 0 spiro atoms. The van der Waals surface area contributed by atoms with Gasteiger partial charge in [0.25, 0.3) is 0 Å². The van der Waals surface area contributed by atoms with E-state index in [0.29, 0.717) is 6.42 Å². The van der Waals surface area contributed by atoms with E-state index in [1.165, 1.54) is 22.3 Å². The molecule has 2 saturated carbocycles. The first-order chi connectivity index (χ1) is 17.0. The van der Waals surface area contributed by atoms with Gasteiger partial charge in [0.05, 0.1) is 0 Å². The molecule has 35 heavy (non-hydrogen) atoms. The van der Waals surface area contributed by atoms with Crippen LogP contribution in [-0.4, -0.2) is 41.8 Å². The van der Waals surface area contributed by atoms with Gasteiger partial charge >= 0.3 is 12.1 Å². The summed E-state index contributed by atoms with van der Waals surface area (Å²) in [4.78, 5) is 36.2. The van der Waals surface area contributed by atoms with Crippen LogP contribution in [0.1, 0.15) is 62.0 Å².